The monoisotopic (exact) mass is 327 g/mol. The molecule has 1 aliphatic rings. The van der Waals surface area contributed by atoms with Crippen molar-refractivity contribution in [3.8, 4) is 11.4 Å². The van der Waals surface area contributed by atoms with E-state index in [4.69, 9.17) is 0 Å². The van der Waals surface area contributed by atoms with Gasteiger partial charge in [0, 0.05) is 25.8 Å². The fourth-order valence-corrected chi connectivity index (χ4v) is 2.94. The Balaban J connectivity index is 1.70. The summed E-state index contributed by atoms with van der Waals surface area (Å²) in [6.45, 7) is 3.61. The lowest BCUT2D eigenvalue weighted by atomic mass is 9.97. The minimum absolute atomic E-state index is 0.0220. The Morgan fingerprint density at radius 1 is 1.38 bits per heavy atom. The highest BCUT2D eigenvalue weighted by atomic mass is 16.2. The largest absolute Gasteiger partial charge is 0.356 e. The summed E-state index contributed by atoms with van der Waals surface area (Å²) in [5.41, 5.74) is 1.77. The lowest BCUT2D eigenvalue weighted by Gasteiger charge is -2.31. The number of piperidine rings is 1. The Morgan fingerprint density at radius 2 is 2.25 bits per heavy atom. The molecule has 2 N–H and O–H groups in total. The molecule has 126 valence electrons. The van der Waals surface area contributed by atoms with Crippen LogP contribution in [0.2, 0.25) is 0 Å². The van der Waals surface area contributed by atoms with E-state index in [1.807, 2.05) is 25.1 Å². The quantitative estimate of drug-likeness (QED) is 0.889. The first-order valence-corrected chi connectivity index (χ1v) is 8.23. The van der Waals surface area contributed by atoms with Crippen LogP contribution in [-0.4, -0.2) is 51.5 Å². The molecular formula is C17H21N5O2. The van der Waals surface area contributed by atoms with Gasteiger partial charge in [-0.1, -0.05) is 6.07 Å². The number of nitrogens with zero attached hydrogens (tertiary/aromatic N) is 3. The number of amides is 2. The molecule has 3 heterocycles. The molecule has 0 saturated carbocycles. The topological polar surface area (TPSA) is 91.0 Å². The summed E-state index contributed by atoms with van der Waals surface area (Å²) in [6.07, 6.45) is 3.33. The van der Waals surface area contributed by atoms with E-state index in [1.54, 1.807) is 17.2 Å². The fourth-order valence-electron chi connectivity index (χ4n) is 2.94. The number of hydrogen-bond acceptors (Lipinski definition) is 4. The highest BCUT2D eigenvalue weighted by Gasteiger charge is 2.29. The Labute approximate surface area is 140 Å². The SMILES string of the molecule is CCNC(=O)C1CCCN(C(=O)c2cc(-c3ccccn3)n[nH]2)C1. The van der Waals surface area contributed by atoms with Crippen molar-refractivity contribution in [2.75, 3.05) is 19.6 Å². The van der Waals surface area contributed by atoms with Gasteiger partial charge in [-0.2, -0.15) is 5.10 Å². The van der Waals surface area contributed by atoms with Crippen LogP contribution in [0.5, 0.6) is 0 Å². The number of rotatable bonds is 4. The maximum Gasteiger partial charge on any atom is 0.271 e. The van der Waals surface area contributed by atoms with Crippen molar-refractivity contribution in [1.29, 1.82) is 0 Å². The van der Waals surface area contributed by atoms with Crippen LogP contribution in [0.4, 0.5) is 0 Å². The van der Waals surface area contributed by atoms with E-state index in [9.17, 15) is 9.59 Å². The molecule has 7 heteroatoms. The third kappa shape index (κ3) is 3.45. The maximum absolute atomic E-state index is 12.7. The normalized spacial score (nSPS) is 17.5. The average molecular weight is 327 g/mol. The zero-order valence-electron chi connectivity index (χ0n) is 13.7. The Morgan fingerprint density at radius 3 is 3.00 bits per heavy atom. The maximum atomic E-state index is 12.7. The first-order chi connectivity index (χ1) is 11.7. The summed E-state index contributed by atoms with van der Waals surface area (Å²) >= 11 is 0. The minimum Gasteiger partial charge on any atom is -0.356 e. The van der Waals surface area contributed by atoms with Gasteiger partial charge in [0.15, 0.2) is 0 Å². The third-order valence-electron chi connectivity index (χ3n) is 4.17. The molecule has 0 aliphatic carbocycles. The van der Waals surface area contributed by atoms with E-state index in [2.05, 4.69) is 20.5 Å². The Hall–Kier alpha value is -2.70. The van der Waals surface area contributed by atoms with E-state index in [-0.39, 0.29) is 17.7 Å². The molecule has 0 spiro atoms. The molecule has 1 unspecified atom stereocenters. The summed E-state index contributed by atoms with van der Waals surface area (Å²) in [7, 11) is 0. The molecule has 3 rings (SSSR count). The van der Waals surface area contributed by atoms with Gasteiger partial charge in [-0.25, -0.2) is 0 Å². The molecule has 2 aromatic rings. The number of carbonyl (C=O) groups excluding carboxylic acids is 2. The van der Waals surface area contributed by atoms with Crippen molar-refractivity contribution >= 4 is 11.8 Å². The summed E-state index contributed by atoms with van der Waals surface area (Å²) in [5, 5.41) is 9.80. The van der Waals surface area contributed by atoms with Gasteiger partial charge in [0.1, 0.15) is 11.4 Å². The number of aromatic nitrogens is 3. The number of likely N-dealkylation sites (tertiary alicyclic amines) is 1. The summed E-state index contributed by atoms with van der Waals surface area (Å²) in [4.78, 5) is 30.6. The van der Waals surface area contributed by atoms with E-state index >= 15 is 0 Å². The Bertz CT molecular complexity index is 713. The van der Waals surface area contributed by atoms with Gasteiger partial charge in [-0.3, -0.25) is 19.7 Å². The average Bonchev–Trinajstić information content (AvgIpc) is 3.12. The molecule has 0 aromatic carbocycles. The van der Waals surface area contributed by atoms with Crippen molar-refractivity contribution < 1.29 is 9.59 Å². The van der Waals surface area contributed by atoms with Gasteiger partial charge >= 0.3 is 0 Å². The molecule has 0 radical (unpaired) electrons. The number of carbonyl (C=O) groups is 2. The van der Waals surface area contributed by atoms with Crippen LogP contribution in [0.25, 0.3) is 11.4 Å². The van der Waals surface area contributed by atoms with Crippen LogP contribution in [0, 0.1) is 5.92 Å². The van der Waals surface area contributed by atoms with E-state index in [0.29, 0.717) is 36.7 Å². The first kappa shape index (κ1) is 16.2. The van der Waals surface area contributed by atoms with Crippen molar-refractivity contribution in [3.05, 3.63) is 36.2 Å². The van der Waals surface area contributed by atoms with Crippen LogP contribution >= 0.6 is 0 Å². The molecule has 2 amide bonds. The number of nitrogens with one attached hydrogen (secondary N) is 2. The highest BCUT2D eigenvalue weighted by molar-refractivity contribution is 5.93. The van der Waals surface area contributed by atoms with Crippen LogP contribution < -0.4 is 5.32 Å². The second-order valence-electron chi connectivity index (χ2n) is 5.87. The standard InChI is InChI=1S/C17H21N5O2/c1-2-18-16(23)12-6-5-9-22(11-12)17(24)15-10-14(20-21-15)13-7-3-4-8-19-13/h3-4,7-8,10,12H,2,5-6,9,11H2,1H3,(H,18,23)(H,20,21). The number of H-pyrrole nitrogens is 1. The number of aromatic amines is 1. The van der Waals surface area contributed by atoms with Gasteiger partial charge < -0.3 is 10.2 Å². The summed E-state index contributed by atoms with van der Waals surface area (Å²) in [6, 6.07) is 7.26. The molecule has 1 fully saturated rings. The second-order valence-corrected chi connectivity index (χ2v) is 5.87. The summed E-state index contributed by atoms with van der Waals surface area (Å²) in [5.74, 6) is -0.242. The second kappa shape index (κ2) is 7.25. The van der Waals surface area contributed by atoms with Gasteiger partial charge in [0.25, 0.3) is 5.91 Å². The van der Waals surface area contributed by atoms with Crippen molar-refractivity contribution in [2.24, 2.45) is 5.92 Å². The third-order valence-corrected chi connectivity index (χ3v) is 4.17. The predicted molar refractivity (Wildman–Crippen MR) is 89.1 cm³/mol. The van der Waals surface area contributed by atoms with E-state index in [1.165, 1.54) is 0 Å². The van der Waals surface area contributed by atoms with Crippen LogP contribution in [-0.2, 0) is 4.79 Å². The molecule has 1 aliphatic heterocycles. The van der Waals surface area contributed by atoms with Crippen LogP contribution in [0.3, 0.4) is 0 Å². The van der Waals surface area contributed by atoms with Crippen LogP contribution in [0.1, 0.15) is 30.3 Å². The zero-order chi connectivity index (χ0) is 16.9. The molecule has 1 atom stereocenters. The van der Waals surface area contributed by atoms with Gasteiger partial charge in [-0.05, 0) is 38.0 Å². The molecule has 24 heavy (non-hydrogen) atoms. The number of pyridine rings is 1. The van der Waals surface area contributed by atoms with E-state index in [0.717, 1.165) is 12.8 Å². The van der Waals surface area contributed by atoms with Crippen molar-refractivity contribution in [2.45, 2.75) is 19.8 Å². The van der Waals surface area contributed by atoms with Crippen molar-refractivity contribution in [1.82, 2.24) is 25.4 Å². The lowest BCUT2D eigenvalue weighted by molar-refractivity contribution is -0.126. The molecule has 7 nitrogen and oxygen atoms in total. The molecule has 0 bridgehead atoms. The first-order valence-electron chi connectivity index (χ1n) is 8.23. The van der Waals surface area contributed by atoms with Crippen molar-refractivity contribution in [3.63, 3.8) is 0 Å². The smallest absolute Gasteiger partial charge is 0.271 e. The highest BCUT2D eigenvalue weighted by Crippen LogP contribution is 2.20. The predicted octanol–water partition coefficient (Wildman–Crippen LogP) is 1.46. The van der Waals surface area contributed by atoms with Crippen LogP contribution in [0.15, 0.2) is 30.5 Å². The Kier molecular flexibility index (Phi) is 4.88. The molecule has 1 saturated heterocycles. The lowest BCUT2D eigenvalue weighted by Crippen LogP contribution is -2.45. The van der Waals surface area contributed by atoms with Gasteiger partial charge in [0.05, 0.1) is 11.6 Å². The fraction of sp³-hybridized carbons (Fsp3) is 0.412. The van der Waals surface area contributed by atoms with Gasteiger partial charge in [-0.15, -0.1) is 0 Å². The summed E-state index contributed by atoms with van der Waals surface area (Å²) < 4.78 is 0. The van der Waals surface area contributed by atoms with Gasteiger partial charge in [0.2, 0.25) is 5.91 Å². The minimum atomic E-state index is -0.138. The number of hydrogen-bond donors (Lipinski definition) is 2. The molecular weight excluding hydrogens is 306 g/mol. The zero-order valence-corrected chi connectivity index (χ0v) is 13.7. The molecule has 2 aromatic heterocycles. The van der Waals surface area contributed by atoms with E-state index < -0.39 is 0 Å².